The number of hydrogen-bond acceptors (Lipinski definition) is 2. The molecule has 1 aromatic carbocycles. The maximum Gasteiger partial charge on any atom is 0.406 e. The minimum atomic E-state index is -4.38. The first-order valence-electron chi connectivity index (χ1n) is 5.10. The second-order valence-corrected chi connectivity index (χ2v) is 5.36. The first-order chi connectivity index (χ1) is 8.37. The van der Waals surface area contributed by atoms with E-state index in [2.05, 4.69) is 0 Å². The van der Waals surface area contributed by atoms with Crippen molar-refractivity contribution >= 4 is 29.3 Å². The zero-order valence-corrected chi connectivity index (χ0v) is 10.6. The summed E-state index contributed by atoms with van der Waals surface area (Å²) in [6, 6.07) is 6.49. The van der Waals surface area contributed by atoms with Crippen LogP contribution >= 0.6 is 23.4 Å². The molecule has 1 heterocycles. The van der Waals surface area contributed by atoms with Crippen LogP contribution < -0.4 is 0 Å². The molecule has 0 spiro atoms. The van der Waals surface area contributed by atoms with Crippen molar-refractivity contribution in [3.63, 3.8) is 0 Å². The van der Waals surface area contributed by atoms with Crippen LogP contribution in [0.3, 0.4) is 0 Å². The molecule has 1 aliphatic heterocycles. The van der Waals surface area contributed by atoms with Crippen molar-refractivity contribution < 1.29 is 18.0 Å². The lowest BCUT2D eigenvalue weighted by Crippen LogP contribution is -2.37. The van der Waals surface area contributed by atoms with E-state index in [-0.39, 0.29) is 5.75 Å². The highest BCUT2D eigenvalue weighted by molar-refractivity contribution is 8.00. The molecular weight excluding hydrogens is 287 g/mol. The molecule has 1 aliphatic rings. The molecule has 0 radical (unpaired) electrons. The Morgan fingerprint density at radius 1 is 1.33 bits per heavy atom. The standard InChI is InChI=1S/C11H9ClF3NOS/c12-8-3-1-7(2-4-8)10-16(6-11(13,14)15)9(17)5-18-10/h1-4,10H,5-6H2. The van der Waals surface area contributed by atoms with Gasteiger partial charge in [0.15, 0.2) is 0 Å². The molecule has 1 unspecified atom stereocenters. The van der Waals surface area contributed by atoms with E-state index in [0.717, 1.165) is 4.90 Å². The molecule has 0 aliphatic carbocycles. The van der Waals surface area contributed by atoms with Crippen molar-refractivity contribution in [3.8, 4) is 0 Å². The topological polar surface area (TPSA) is 20.3 Å². The number of benzene rings is 1. The molecule has 98 valence electrons. The Kier molecular flexibility index (Phi) is 3.77. The van der Waals surface area contributed by atoms with Crippen LogP contribution in [0.15, 0.2) is 24.3 Å². The number of amides is 1. The number of hydrogen-bond donors (Lipinski definition) is 0. The van der Waals surface area contributed by atoms with Gasteiger partial charge in [-0.15, -0.1) is 11.8 Å². The third kappa shape index (κ3) is 3.11. The van der Waals surface area contributed by atoms with Crippen LogP contribution in [0.2, 0.25) is 5.02 Å². The van der Waals surface area contributed by atoms with E-state index in [9.17, 15) is 18.0 Å². The highest BCUT2D eigenvalue weighted by Gasteiger charge is 2.40. The number of nitrogens with zero attached hydrogens (tertiary/aromatic N) is 1. The van der Waals surface area contributed by atoms with Crippen molar-refractivity contribution in [1.82, 2.24) is 4.90 Å². The Morgan fingerprint density at radius 2 is 1.94 bits per heavy atom. The zero-order chi connectivity index (χ0) is 13.3. The second kappa shape index (κ2) is 5.01. The Labute approximate surface area is 111 Å². The van der Waals surface area contributed by atoms with Crippen LogP contribution in [0.5, 0.6) is 0 Å². The van der Waals surface area contributed by atoms with Crippen LogP contribution in [-0.2, 0) is 4.79 Å². The van der Waals surface area contributed by atoms with Gasteiger partial charge in [-0.3, -0.25) is 4.79 Å². The van der Waals surface area contributed by atoms with Crippen molar-refractivity contribution in [2.24, 2.45) is 0 Å². The summed E-state index contributed by atoms with van der Waals surface area (Å²) < 4.78 is 37.2. The molecule has 2 nitrogen and oxygen atoms in total. The summed E-state index contributed by atoms with van der Waals surface area (Å²) in [6.45, 7) is -1.22. The van der Waals surface area contributed by atoms with Crippen LogP contribution in [0, 0.1) is 0 Å². The van der Waals surface area contributed by atoms with Gasteiger partial charge in [0.1, 0.15) is 11.9 Å². The monoisotopic (exact) mass is 295 g/mol. The van der Waals surface area contributed by atoms with Gasteiger partial charge in [0.25, 0.3) is 0 Å². The highest BCUT2D eigenvalue weighted by atomic mass is 35.5. The predicted molar refractivity (Wildman–Crippen MR) is 64.4 cm³/mol. The van der Waals surface area contributed by atoms with E-state index < -0.39 is 24.0 Å². The molecule has 1 fully saturated rings. The lowest BCUT2D eigenvalue weighted by Gasteiger charge is -2.25. The van der Waals surface area contributed by atoms with Gasteiger partial charge in [-0.05, 0) is 17.7 Å². The van der Waals surface area contributed by atoms with Gasteiger partial charge >= 0.3 is 6.18 Å². The first-order valence-corrected chi connectivity index (χ1v) is 6.53. The number of thioether (sulfide) groups is 1. The molecular formula is C11H9ClF3NOS. The fourth-order valence-corrected chi connectivity index (χ4v) is 3.04. The number of carbonyl (C=O) groups is 1. The summed E-state index contributed by atoms with van der Waals surface area (Å²) in [5, 5.41) is -0.0770. The van der Waals surface area contributed by atoms with Gasteiger partial charge in [0.2, 0.25) is 5.91 Å². The van der Waals surface area contributed by atoms with Crippen LogP contribution in [0.1, 0.15) is 10.9 Å². The van der Waals surface area contributed by atoms with Crippen molar-refractivity contribution in [2.75, 3.05) is 12.3 Å². The fourth-order valence-electron chi connectivity index (χ4n) is 1.72. The molecule has 0 N–H and O–H groups in total. The Hall–Kier alpha value is -0.880. The van der Waals surface area contributed by atoms with Gasteiger partial charge in [0.05, 0.1) is 5.75 Å². The molecule has 7 heteroatoms. The smallest absolute Gasteiger partial charge is 0.317 e. The third-order valence-corrected chi connectivity index (χ3v) is 3.98. The predicted octanol–water partition coefficient (Wildman–Crippen LogP) is 3.48. The number of halogens is 4. The normalized spacial score (nSPS) is 20.6. The van der Waals surface area contributed by atoms with Crippen molar-refractivity contribution in [2.45, 2.75) is 11.6 Å². The largest absolute Gasteiger partial charge is 0.406 e. The van der Waals surface area contributed by atoms with Gasteiger partial charge in [0, 0.05) is 5.02 Å². The van der Waals surface area contributed by atoms with E-state index in [1.807, 2.05) is 0 Å². The maximum absolute atomic E-state index is 12.4. The molecule has 18 heavy (non-hydrogen) atoms. The summed E-state index contributed by atoms with van der Waals surface area (Å²) in [5.74, 6) is -0.416. The molecule has 2 rings (SSSR count). The highest BCUT2D eigenvalue weighted by Crippen LogP contribution is 2.40. The zero-order valence-electron chi connectivity index (χ0n) is 9.08. The van der Waals surface area contributed by atoms with Crippen molar-refractivity contribution in [3.05, 3.63) is 34.9 Å². The first kappa shape index (κ1) is 13.5. The fraction of sp³-hybridized carbons (Fsp3) is 0.364. The maximum atomic E-state index is 12.4. The van der Waals surface area contributed by atoms with Gasteiger partial charge in [-0.1, -0.05) is 23.7 Å². The summed E-state index contributed by atoms with van der Waals surface area (Å²) in [6.07, 6.45) is -4.38. The van der Waals surface area contributed by atoms with E-state index in [4.69, 9.17) is 11.6 Å². The molecule has 0 saturated carbocycles. The number of carbonyl (C=O) groups excluding carboxylic acids is 1. The lowest BCUT2D eigenvalue weighted by molar-refractivity contribution is -0.159. The molecule has 1 amide bonds. The minimum absolute atomic E-state index is 0.0728. The van der Waals surface area contributed by atoms with E-state index in [1.165, 1.54) is 11.8 Å². The van der Waals surface area contributed by atoms with Crippen LogP contribution in [0.4, 0.5) is 13.2 Å². The quantitative estimate of drug-likeness (QED) is 0.832. The molecule has 1 saturated heterocycles. The summed E-state index contributed by atoms with van der Waals surface area (Å²) >= 11 is 6.91. The Bertz CT molecular complexity index is 449. The van der Waals surface area contributed by atoms with Crippen molar-refractivity contribution in [1.29, 1.82) is 0 Å². The second-order valence-electron chi connectivity index (χ2n) is 3.85. The SMILES string of the molecule is O=C1CSC(c2ccc(Cl)cc2)N1CC(F)(F)F. The minimum Gasteiger partial charge on any atom is -0.317 e. The average Bonchev–Trinajstić information content (AvgIpc) is 2.60. The Morgan fingerprint density at radius 3 is 2.50 bits per heavy atom. The molecule has 0 bridgehead atoms. The van der Waals surface area contributed by atoms with Gasteiger partial charge < -0.3 is 4.90 Å². The van der Waals surface area contributed by atoms with E-state index >= 15 is 0 Å². The van der Waals surface area contributed by atoms with Crippen LogP contribution in [-0.4, -0.2) is 29.3 Å². The summed E-state index contributed by atoms with van der Waals surface area (Å²) in [5.41, 5.74) is 0.652. The number of alkyl halides is 3. The van der Waals surface area contributed by atoms with Gasteiger partial charge in [-0.2, -0.15) is 13.2 Å². The lowest BCUT2D eigenvalue weighted by atomic mass is 10.2. The van der Waals surface area contributed by atoms with Crippen LogP contribution in [0.25, 0.3) is 0 Å². The summed E-state index contributed by atoms with van der Waals surface area (Å²) in [4.78, 5) is 12.3. The Balaban J connectivity index is 2.21. The van der Waals surface area contributed by atoms with Gasteiger partial charge in [-0.25, -0.2) is 0 Å². The third-order valence-electron chi connectivity index (χ3n) is 2.47. The average molecular weight is 296 g/mol. The van der Waals surface area contributed by atoms with E-state index in [1.54, 1.807) is 24.3 Å². The number of rotatable bonds is 2. The van der Waals surface area contributed by atoms with E-state index in [0.29, 0.717) is 10.6 Å². The molecule has 1 atom stereocenters. The molecule has 1 aromatic rings. The molecule has 0 aromatic heterocycles. The summed E-state index contributed by atoms with van der Waals surface area (Å²) in [7, 11) is 0.